The number of rotatable bonds is 4. The molecule has 9 heteroatoms. The highest BCUT2D eigenvalue weighted by Gasteiger charge is 2.25. The minimum atomic E-state index is -0.237. The van der Waals surface area contributed by atoms with E-state index in [0.29, 0.717) is 24.5 Å². The number of ether oxygens (including phenoxy) is 1. The topological polar surface area (TPSA) is 82.2 Å². The van der Waals surface area contributed by atoms with Gasteiger partial charge in [0.15, 0.2) is 0 Å². The molecule has 2 N–H and O–H groups in total. The van der Waals surface area contributed by atoms with E-state index in [1.165, 1.54) is 0 Å². The molecule has 36 heavy (non-hydrogen) atoms. The summed E-state index contributed by atoms with van der Waals surface area (Å²) in [5.74, 6) is 0.561. The first kappa shape index (κ1) is 22.9. The van der Waals surface area contributed by atoms with Gasteiger partial charge in [-0.1, -0.05) is 0 Å². The van der Waals surface area contributed by atoms with Crippen LogP contribution in [0.2, 0.25) is 0 Å². The number of pyridine rings is 2. The van der Waals surface area contributed by atoms with Crippen LogP contribution in [0.3, 0.4) is 0 Å². The third-order valence-corrected chi connectivity index (χ3v) is 7.15. The maximum atomic E-state index is 15.8. The zero-order valence-electron chi connectivity index (χ0n) is 20.6. The number of anilines is 2. The summed E-state index contributed by atoms with van der Waals surface area (Å²) in [6, 6.07) is 9.66. The molecule has 1 atom stereocenters. The number of hydrogen-bond acceptors (Lipinski definition) is 7. The lowest BCUT2D eigenvalue weighted by atomic mass is 9.96. The van der Waals surface area contributed by atoms with Gasteiger partial charge in [-0.2, -0.15) is 5.10 Å². The maximum absolute atomic E-state index is 15.8. The van der Waals surface area contributed by atoms with E-state index in [0.717, 1.165) is 72.0 Å². The monoisotopic (exact) mass is 487 g/mol. The Labute approximate surface area is 209 Å². The SMILES string of the molecule is Cc1cnc(-c2ccn[nH]2)c2nc(N3CCOCC3C)cc(-c3ccc(N4CCNCC4)cc3F)c12. The summed E-state index contributed by atoms with van der Waals surface area (Å²) >= 11 is 0. The standard InChI is InChI=1S/C27H30FN7O/c1-17-15-30-26(23-5-6-31-33-23)27-25(17)21(14-24(32-27)35-11-12-36-16-18(35)2)20-4-3-19(13-22(20)28)34-9-7-29-8-10-34/h3-6,13-15,18,29H,7-12,16H2,1-2H3,(H,31,33). The molecule has 3 aromatic heterocycles. The van der Waals surface area contributed by atoms with Crippen LogP contribution in [-0.2, 0) is 4.74 Å². The first-order valence-corrected chi connectivity index (χ1v) is 12.5. The quantitative estimate of drug-likeness (QED) is 0.454. The second-order valence-electron chi connectivity index (χ2n) is 9.53. The Morgan fingerprint density at radius 1 is 1.08 bits per heavy atom. The van der Waals surface area contributed by atoms with Gasteiger partial charge in [0.1, 0.15) is 22.8 Å². The molecule has 1 unspecified atom stereocenters. The van der Waals surface area contributed by atoms with Crippen LogP contribution in [0.25, 0.3) is 33.4 Å². The van der Waals surface area contributed by atoms with E-state index in [1.54, 1.807) is 12.3 Å². The van der Waals surface area contributed by atoms with Crippen LogP contribution in [0.4, 0.5) is 15.9 Å². The average Bonchev–Trinajstić information content (AvgIpc) is 3.44. The van der Waals surface area contributed by atoms with Crippen LogP contribution in [0.1, 0.15) is 12.5 Å². The van der Waals surface area contributed by atoms with E-state index in [9.17, 15) is 0 Å². The maximum Gasteiger partial charge on any atom is 0.133 e. The summed E-state index contributed by atoms with van der Waals surface area (Å²) < 4.78 is 21.5. The summed E-state index contributed by atoms with van der Waals surface area (Å²) in [7, 11) is 0. The Morgan fingerprint density at radius 3 is 2.69 bits per heavy atom. The van der Waals surface area contributed by atoms with E-state index >= 15 is 4.39 Å². The molecule has 0 saturated carbocycles. The van der Waals surface area contributed by atoms with Crippen molar-refractivity contribution in [2.24, 2.45) is 0 Å². The van der Waals surface area contributed by atoms with Gasteiger partial charge in [0, 0.05) is 61.8 Å². The first-order valence-electron chi connectivity index (χ1n) is 12.5. The van der Waals surface area contributed by atoms with Crippen molar-refractivity contribution in [3.05, 3.63) is 54.1 Å². The number of H-pyrrole nitrogens is 1. The van der Waals surface area contributed by atoms with Crippen LogP contribution in [-0.4, -0.2) is 72.1 Å². The number of hydrogen-bond donors (Lipinski definition) is 2. The minimum Gasteiger partial charge on any atom is -0.377 e. The molecule has 0 aliphatic carbocycles. The summed E-state index contributed by atoms with van der Waals surface area (Å²) in [5.41, 5.74) is 5.45. The average molecular weight is 488 g/mol. The summed E-state index contributed by atoms with van der Waals surface area (Å²) in [6.45, 7) is 9.66. The molecule has 0 bridgehead atoms. The Balaban J connectivity index is 1.56. The van der Waals surface area contributed by atoms with Crippen molar-refractivity contribution in [1.82, 2.24) is 25.5 Å². The van der Waals surface area contributed by atoms with Crippen LogP contribution in [0.15, 0.2) is 42.7 Å². The number of nitrogens with one attached hydrogen (secondary N) is 2. The molecule has 6 rings (SSSR count). The third kappa shape index (κ3) is 4.08. The van der Waals surface area contributed by atoms with E-state index in [1.807, 2.05) is 37.4 Å². The van der Waals surface area contributed by atoms with Crippen molar-refractivity contribution < 1.29 is 9.13 Å². The largest absolute Gasteiger partial charge is 0.377 e. The van der Waals surface area contributed by atoms with E-state index in [2.05, 4.69) is 32.2 Å². The zero-order chi connectivity index (χ0) is 24.6. The van der Waals surface area contributed by atoms with Crippen molar-refractivity contribution >= 4 is 22.4 Å². The van der Waals surface area contributed by atoms with Gasteiger partial charge < -0.3 is 19.9 Å². The summed E-state index contributed by atoms with van der Waals surface area (Å²) in [6.07, 6.45) is 3.53. The Kier molecular flexibility index (Phi) is 6.02. The van der Waals surface area contributed by atoms with Gasteiger partial charge in [0.2, 0.25) is 0 Å². The Hall–Kier alpha value is -3.56. The molecule has 0 radical (unpaired) electrons. The lowest BCUT2D eigenvalue weighted by molar-refractivity contribution is 0.0986. The number of morpholine rings is 1. The molecule has 2 saturated heterocycles. The van der Waals surface area contributed by atoms with Gasteiger partial charge in [-0.05, 0) is 55.3 Å². The Morgan fingerprint density at radius 2 is 1.94 bits per heavy atom. The number of aromatic nitrogens is 4. The third-order valence-electron chi connectivity index (χ3n) is 7.15. The number of aromatic amines is 1. The summed E-state index contributed by atoms with van der Waals surface area (Å²) in [4.78, 5) is 14.3. The fraction of sp³-hybridized carbons (Fsp3) is 0.370. The predicted octanol–water partition coefficient (Wildman–Crippen LogP) is 3.77. The molecule has 5 heterocycles. The lowest BCUT2D eigenvalue weighted by Gasteiger charge is -2.35. The fourth-order valence-corrected chi connectivity index (χ4v) is 5.24. The van der Waals surface area contributed by atoms with Gasteiger partial charge in [-0.3, -0.25) is 10.1 Å². The summed E-state index contributed by atoms with van der Waals surface area (Å²) in [5, 5.41) is 11.4. The molecule has 8 nitrogen and oxygen atoms in total. The van der Waals surface area contributed by atoms with Crippen molar-refractivity contribution in [2.75, 3.05) is 55.7 Å². The lowest BCUT2D eigenvalue weighted by Crippen LogP contribution is -2.44. The number of piperazine rings is 1. The molecule has 186 valence electrons. The molecular weight excluding hydrogens is 457 g/mol. The molecular formula is C27H30FN7O. The van der Waals surface area contributed by atoms with Crippen LogP contribution in [0.5, 0.6) is 0 Å². The number of benzene rings is 1. The first-order chi connectivity index (χ1) is 17.6. The molecule has 0 spiro atoms. The van der Waals surface area contributed by atoms with Crippen LogP contribution >= 0.6 is 0 Å². The normalized spacial score (nSPS) is 18.7. The number of aryl methyl sites for hydroxylation is 1. The molecule has 0 amide bonds. The van der Waals surface area contributed by atoms with Gasteiger partial charge in [0.25, 0.3) is 0 Å². The van der Waals surface area contributed by atoms with Crippen LogP contribution < -0.4 is 15.1 Å². The van der Waals surface area contributed by atoms with Gasteiger partial charge in [-0.15, -0.1) is 0 Å². The van der Waals surface area contributed by atoms with Crippen molar-refractivity contribution in [2.45, 2.75) is 19.9 Å². The van der Waals surface area contributed by atoms with E-state index < -0.39 is 0 Å². The minimum absolute atomic E-state index is 0.157. The van der Waals surface area contributed by atoms with E-state index in [-0.39, 0.29) is 11.9 Å². The number of halogens is 1. The smallest absolute Gasteiger partial charge is 0.133 e. The number of nitrogens with zero attached hydrogens (tertiary/aromatic N) is 5. The highest BCUT2D eigenvalue weighted by molar-refractivity contribution is 6.03. The highest BCUT2D eigenvalue weighted by atomic mass is 19.1. The van der Waals surface area contributed by atoms with Crippen LogP contribution in [0, 0.1) is 12.7 Å². The van der Waals surface area contributed by atoms with Gasteiger partial charge >= 0.3 is 0 Å². The fourth-order valence-electron chi connectivity index (χ4n) is 5.24. The molecule has 2 aliphatic rings. The zero-order valence-corrected chi connectivity index (χ0v) is 20.6. The molecule has 4 aromatic rings. The highest BCUT2D eigenvalue weighted by Crippen LogP contribution is 2.39. The molecule has 1 aromatic carbocycles. The van der Waals surface area contributed by atoms with Gasteiger partial charge in [-0.25, -0.2) is 9.37 Å². The van der Waals surface area contributed by atoms with Gasteiger partial charge in [0.05, 0.1) is 24.9 Å². The predicted molar refractivity (Wildman–Crippen MR) is 140 cm³/mol. The number of fused-ring (bicyclic) bond motifs is 1. The molecule has 2 aliphatic heterocycles. The Bertz CT molecular complexity index is 1380. The van der Waals surface area contributed by atoms with Crippen molar-refractivity contribution in [3.8, 4) is 22.5 Å². The molecule has 2 fully saturated rings. The second kappa shape index (κ2) is 9.48. The van der Waals surface area contributed by atoms with Crippen molar-refractivity contribution in [3.63, 3.8) is 0 Å². The second-order valence-corrected chi connectivity index (χ2v) is 9.53. The van der Waals surface area contributed by atoms with E-state index in [4.69, 9.17) is 14.7 Å². The van der Waals surface area contributed by atoms with Crippen molar-refractivity contribution in [1.29, 1.82) is 0 Å².